The first-order chi connectivity index (χ1) is 12.2. The number of halogens is 1. The molecule has 0 bridgehead atoms. The second-order valence-corrected chi connectivity index (χ2v) is 6.68. The smallest absolute Gasteiger partial charge is 0.161 e. The quantitative estimate of drug-likeness (QED) is 0.563. The first-order valence-corrected chi connectivity index (χ1v) is 8.99. The van der Waals surface area contributed by atoms with Crippen molar-refractivity contribution in [3.8, 4) is 22.8 Å². The van der Waals surface area contributed by atoms with Crippen LogP contribution >= 0.6 is 23.4 Å². The molecule has 0 saturated heterocycles. The second kappa shape index (κ2) is 8.23. The van der Waals surface area contributed by atoms with Crippen LogP contribution in [0.1, 0.15) is 5.56 Å². The average molecular weight is 373 g/mol. The summed E-state index contributed by atoms with van der Waals surface area (Å²) in [6, 6.07) is 17.4. The third-order valence-electron chi connectivity index (χ3n) is 3.60. The summed E-state index contributed by atoms with van der Waals surface area (Å²) in [5.41, 5.74) is 2.87. The fourth-order valence-electron chi connectivity index (χ4n) is 2.33. The van der Waals surface area contributed by atoms with E-state index in [1.807, 2.05) is 54.6 Å². The zero-order chi connectivity index (χ0) is 17.6. The van der Waals surface area contributed by atoms with E-state index in [-0.39, 0.29) is 0 Å². The molecule has 0 saturated carbocycles. The Morgan fingerprint density at radius 3 is 2.44 bits per heavy atom. The first-order valence-electron chi connectivity index (χ1n) is 7.63. The van der Waals surface area contributed by atoms with Gasteiger partial charge in [-0.2, -0.15) is 0 Å². The number of aromatic nitrogens is 2. The molecular formula is C19H17ClN2O2S. The lowest BCUT2D eigenvalue weighted by molar-refractivity contribution is 0.355. The molecule has 0 spiro atoms. The molecule has 6 heteroatoms. The molecule has 1 heterocycles. The maximum atomic E-state index is 6.01. The lowest BCUT2D eigenvalue weighted by Gasteiger charge is -2.09. The molecule has 25 heavy (non-hydrogen) atoms. The van der Waals surface area contributed by atoms with Crippen molar-refractivity contribution < 1.29 is 9.47 Å². The zero-order valence-corrected chi connectivity index (χ0v) is 15.5. The Labute approximate surface area is 156 Å². The molecule has 0 radical (unpaired) electrons. The lowest BCUT2D eigenvalue weighted by atomic mass is 10.1. The average Bonchev–Trinajstić information content (AvgIpc) is 2.66. The number of hydrogen-bond acceptors (Lipinski definition) is 5. The van der Waals surface area contributed by atoms with Gasteiger partial charge in [0.1, 0.15) is 5.03 Å². The fraction of sp³-hybridized carbons (Fsp3) is 0.158. The molecule has 0 amide bonds. The maximum absolute atomic E-state index is 6.01. The number of rotatable bonds is 6. The molecule has 0 aliphatic rings. The van der Waals surface area contributed by atoms with Crippen LogP contribution in [0.15, 0.2) is 59.6 Å². The molecular weight excluding hydrogens is 356 g/mol. The van der Waals surface area contributed by atoms with Crippen molar-refractivity contribution >= 4 is 23.4 Å². The van der Waals surface area contributed by atoms with Crippen LogP contribution in [0.3, 0.4) is 0 Å². The van der Waals surface area contributed by atoms with E-state index in [9.17, 15) is 0 Å². The molecule has 2 aromatic carbocycles. The number of ether oxygens (including phenoxy) is 2. The zero-order valence-electron chi connectivity index (χ0n) is 13.9. The van der Waals surface area contributed by atoms with Crippen molar-refractivity contribution in [3.05, 3.63) is 65.2 Å². The van der Waals surface area contributed by atoms with Gasteiger partial charge in [0.25, 0.3) is 0 Å². The number of nitrogens with zero attached hydrogens (tertiary/aromatic N) is 2. The summed E-state index contributed by atoms with van der Waals surface area (Å²) in [5.74, 6) is 2.15. The molecule has 0 atom stereocenters. The Kier molecular flexibility index (Phi) is 5.79. The molecule has 3 rings (SSSR count). The topological polar surface area (TPSA) is 44.2 Å². The highest BCUT2D eigenvalue weighted by atomic mass is 35.5. The van der Waals surface area contributed by atoms with Crippen molar-refractivity contribution in [2.45, 2.75) is 10.8 Å². The van der Waals surface area contributed by atoms with E-state index in [2.05, 4.69) is 10.2 Å². The van der Waals surface area contributed by atoms with Crippen molar-refractivity contribution in [2.24, 2.45) is 0 Å². The summed E-state index contributed by atoms with van der Waals surface area (Å²) >= 11 is 7.63. The number of hydrogen-bond donors (Lipinski definition) is 0. The summed E-state index contributed by atoms with van der Waals surface area (Å²) in [7, 11) is 3.23. The Bertz CT molecular complexity index is 856. The number of thioether (sulfide) groups is 1. The second-order valence-electron chi connectivity index (χ2n) is 5.25. The van der Waals surface area contributed by atoms with E-state index in [1.165, 1.54) is 0 Å². The number of methoxy groups -OCH3 is 2. The van der Waals surface area contributed by atoms with Crippen LogP contribution < -0.4 is 9.47 Å². The SMILES string of the molecule is COc1ccc(-c2ccc(SCc3cccc(Cl)c3)nn2)cc1OC. The van der Waals surface area contributed by atoms with E-state index in [0.29, 0.717) is 11.5 Å². The minimum absolute atomic E-state index is 0.668. The maximum Gasteiger partial charge on any atom is 0.161 e. The van der Waals surface area contributed by atoms with E-state index in [1.54, 1.807) is 26.0 Å². The van der Waals surface area contributed by atoms with Crippen LogP contribution in [-0.4, -0.2) is 24.4 Å². The predicted octanol–water partition coefficient (Wildman–Crippen LogP) is 5.11. The summed E-state index contributed by atoms with van der Waals surface area (Å²) < 4.78 is 10.6. The molecule has 0 aliphatic heterocycles. The van der Waals surface area contributed by atoms with Crippen LogP contribution in [0.4, 0.5) is 0 Å². The summed E-state index contributed by atoms with van der Waals surface area (Å²) in [6.07, 6.45) is 0. The number of benzene rings is 2. The van der Waals surface area contributed by atoms with Gasteiger partial charge in [-0.05, 0) is 48.0 Å². The van der Waals surface area contributed by atoms with Crippen molar-refractivity contribution in [2.75, 3.05) is 14.2 Å². The van der Waals surface area contributed by atoms with Gasteiger partial charge in [0, 0.05) is 16.3 Å². The van der Waals surface area contributed by atoms with Crippen LogP contribution in [-0.2, 0) is 5.75 Å². The molecule has 128 valence electrons. The molecule has 1 aromatic heterocycles. The van der Waals surface area contributed by atoms with Crippen molar-refractivity contribution in [3.63, 3.8) is 0 Å². The van der Waals surface area contributed by atoms with Gasteiger partial charge in [0.2, 0.25) is 0 Å². The van der Waals surface area contributed by atoms with Crippen molar-refractivity contribution in [1.29, 1.82) is 0 Å². The third kappa shape index (κ3) is 4.44. The summed E-state index contributed by atoms with van der Waals surface area (Å²) in [4.78, 5) is 0. The lowest BCUT2D eigenvalue weighted by Crippen LogP contribution is -1.93. The Hall–Kier alpha value is -2.24. The predicted molar refractivity (Wildman–Crippen MR) is 102 cm³/mol. The van der Waals surface area contributed by atoms with E-state index in [0.717, 1.165) is 32.6 Å². The fourth-order valence-corrected chi connectivity index (χ4v) is 3.30. The van der Waals surface area contributed by atoms with Gasteiger partial charge in [-0.3, -0.25) is 0 Å². The van der Waals surface area contributed by atoms with Gasteiger partial charge in [-0.15, -0.1) is 10.2 Å². The van der Waals surface area contributed by atoms with Gasteiger partial charge in [-0.1, -0.05) is 35.5 Å². The van der Waals surface area contributed by atoms with Gasteiger partial charge < -0.3 is 9.47 Å². The molecule has 0 N–H and O–H groups in total. The Morgan fingerprint density at radius 1 is 0.920 bits per heavy atom. The molecule has 0 fully saturated rings. The first kappa shape index (κ1) is 17.6. The van der Waals surface area contributed by atoms with Gasteiger partial charge in [0.05, 0.1) is 19.9 Å². The minimum Gasteiger partial charge on any atom is -0.493 e. The highest BCUT2D eigenvalue weighted by Crippen LogP contribution is 2.32. The van der Waals surface area contributed by atoms with Crippen LogP contribution in [0.25, 0.3) is 11.3 Å². The van der Waals surface area contributed by atoms with E-state index >= 15 is 0 Å². The van der Waals surface area contributed by atoms with Gasteiger partial charge >= 0.3 is 0 Å². The highest BCUT2D eigenvalue weighted by Gasteiger charge is 2.08. The summed E-state index contributed by atoms with van der Waals surface area (Å²) in [6.45, 7) is 0. The normalized spacial score (nSPS) is 10.5. The molecule has 0 unspecified atom stereocenters. The van der Waals surface area contributed by atoms with Crippen LogP contribution in [0, 0.1) is 0 Å². The summed E-state index contributed by atoms with van der Waals surface area (Å²) in [5, 5.41) is 10.2. The highest BCUT2D eigenvalue weighted by molar-refractivity contribution is 7.98. The Morgan fingerprint density at radius 2 is 1.76 bits per heavy atom. The minimum atomic E-state index is 0.668. The van der Waals surface area contributed by atoms with Crippen LogP contribution in [0.5, 0.6) is 11.5 Å². The van der Waals surface area contributed by atoms with E-state index < -0.39 is 0 Å². The third-order valence-corrected chi connectivity index (χ3v) is 4.82. The molecule has 3 aromatic rings. The molecule has 4 nitrogen and oxygen atoms in total. The van der Waals surface area contributed by atoms with Gasteiger partial charge in [0.15, 0.2) is 11.5 Å². The monoisotopic (exact) mass is 372 g/mol. The Balaban J connectivity index is 1.72. The van der Waals surface area contributed by atoms with E-state index in [4.69, 9.17) is 21.1 Å². The molecule has 0 aliphatic carbocycles. The van der Waals surface area contributed by atoms with Crippen LogP contribution in [0.2, 0.25) is 5.02 Å². The standard InChI is InChI=1S/C19H17ClN2O2S/c1-23-17-8-6-14(11-18(17)24-2)16-7-9-19(22-21-16)25-12-13-4-3-5-15(20)10-13/h3-11H,12H2,1-2H3. The largest absolute Gasteiger partial charge is 0.493 e. The van der Waals surface area contributed by atoms with Crippen molar-refractivity contribution in [1.82, 2.24) is 10.2 Å². The van der Waals surface area contributed by atoms with Gasteiger partial charge in [-0.25, -0.2) is 0 Å².